The van der Waals surface area contributed by atoms with Gasteiger partial charge in [-0.15, -0.1) is 0 Å². The Labute approximate surface area is 103 Å². The van der Waals surface area contributed by atoms with Gasteiger partial charge in [0.2, 0.25) is 0 Å². The van der Waals surface area contributed by atoms with Crippen LogP contribution in [0.15, 0.2) is 0 Å². The molecule has 0 saturated carbocycles. The molecule has 5 heteroatoms. The molecule has 0 rings (SSSR count). The maximum Gasteiger partial charge on any atom is 1.00 e. The van der Waals surface area contributed by atoms with Crippen molar-refractivity contribution in [2.75, 3.05) is 26.2 Å². The molecule has 0 aromatic rings. The third-order valence-corrected chi connectivity index (χ3v) is 0.610. The standard InChI is InChI=1S/C4H12N2O.2Na.2H/c5-1-2-6-3-4-7;;;;/h6-7H,1-5H2;;;;/q;2*+1;2*-1. The van der Waals surface area contributed by atoms with Gasteiger partial charge in [-0.3, -0.25) is 0 Å². The van der Waals surface area contributed by atoms with Crippen LogP contribution in [0.5, 0.6) is 0 Å². The van der Waals surface area contributed by atoms with Crippen LogP contribution in [0, 0.1) is 0 Å². The molecule has 0 saturated heterocycles. The summed E-state index contributed by atoms with van der Waals surface area (Å²) in [5, 5.41) is 11.1. The van der Waals surface area contributed by atoms with E-state index >= 15 is 0 Å². The summed E-state index contributed by atoms with van der Waals surface area (Å²) >= 11 is 0. The van der Waals surface area contributed by atoms with Crippen LogP contribution in [-0.4, -0.2) is 31.3 Å². The normalized spacial score (nSPS) is 7.33. The molecule has 0 spiro atoms. The number of nitrogens with one attached hydrogen (secondary N) is 1. The maximum absolute atomic E-state index is 8.19. The Morgan fingerprint density at radius 1 is 1.33 bits per heavy atom. The van der Waals surface area contributed by atoms with Gasteiger partial charge in [0.05, 0.1) is 6.61 Å². The summed E-state index contributed by atoms with van der Waals surface area (Å²) in [6.07, 6.45) is 0. The molecular weight excluding hydrogens is 138 g/mol. The van der Waals surface area contributed by atoms with Gasteiger partial charge in [0.1, 0.15) is 0 Å². The monoisotopic (exact) mass is 152 g/mol. The number of aliphatic hydroxyl groups is 1. The summed E-state index contributed by atoms with van der Waals surface area (Å²) in [5.74, 6) is 0. The van der Waals surface area contributed by atoms with E-state index in [2.05, 4.69) is 5.32 Å². The Kier molecular flexibility index (Phi) is 31.3. The maximum atomic E-state index is 8.19. The molecule has 48 valence electrons. The van der Waals surface area contributed by atoms with Crippen molar-refractivity contribution in [2.45, 2.75) is 0 Å². The minimum absolute atomic E-state index is 0. The summed E-state index contributed by atoms with van der Waals surface area (Å²) in [5.41, 5.74) is 5.13. The van der Waals surface area contributed by atoms with Crippen molar-refractivity contribution in [3.63, 3.8) is 0 Å². The Morgan fingerprint density at radius 2 is 1.89 bits per heavy atom. The minimum Gasteiger partial charge on any atom is -1.00 e. The van der Waals surface area contributed by atoms with Gasteiger partial charge in [-0.1, -0.05) is 0 Å². The van der Waals surface area contributed by atoms with Gasteiger partial charge in [0.25, 0.3) is 0 Å². The molecule has 0 unspecified atom stereocenters. The quantitative estimate of drug-likeness (QED) is 0.277. The van der Waals surface area contributed by atoms with E-state index in [9.17, 15) is 0 Å². The molecule has 0 bridgehead atoms. The fourth-order valence-corrected chi connectivity index (χ4v) is 0.306. The SMILES string of the molecule is NCCNCCO.[H-].[H-].[Na+].[Na+]. The number of nitrogens with two attached hydrogens (primary N) is 1. The molecule has 0 aliphatic rings. The second kappa shape index (κ2) is 16.5. The first-order valence-electron chi connectivity index (χ1n) is 2.43. The zero-order valence-electron chi connectivity index (χ0n) is 8.35. The molecule has 0 aliphatic carbocycles. The van der Waals surface area contributed by atoms with E-state index in [4.69, 9.17) is 10.8 Å². The van der Waals surface area contributed by atoms with Crippen LogP contribution in [0.25, 0.3) is 0 Å². The third kappa shape index (κ3) is 17.7. The van der Waals surface area contributed by atoms with Gasteiger partial charge < -0.3 is 19.0 Å². The van der Waals surface area contributed by atoms with Crippen LogP contribution in [0.3, 0.4) is 0 Å². The van der Waals surface area contributed by atoms with Crippen LogP contribution in [0.1, 0.15) is 2.85 Å². The molecule has 0 amide bonds. The predicted octanol–water partition coefficient (Wildman–Crippen LogP) is -7.24. The van der Waals surface area contributed by atoms with Crippen LogP contribution >= 0.6 is 0 Å². The van der Waals surface area contributed by atoms with E-state index in [-0.39, 0.29) is 68.6 Å². The third-order valence-electron chi connectivity index (χ3n) is 0.610. The predicted molar refractivity (Wildman–Crippen MR) is 31.2 cm³/mol. The second-order valence-electron chi connectivity index (χ2n) is 1.26. The summed E-state index contributed by atoms with van der Waals surface area (Å²) < 4.78 is 0. The number of aliphatic hydroxyl groups excluding tert-OH is 1. The van der Waals surface area contributed by atoms with E-state index in [1.54, 1.807) is 0 Å². The van der Waals surface area contributed by atoms with Crippen molar-refractivity contribution >= 4 is 0 Å². The summed E-state index contributed by atoms with van der Waals surface area (Å²) in [7, 11) is 0. The van der Waals surface area contributed by atoms with Crippen LogP contribution in [0.4, 0.5) is 0 Å². The molecule has 4 N–H and O–H groups in total. The molecule has 9 heavy (non-hydrogen) atoms. The van der Waals surface area contributed by atoms with Gasteiger partial charge in [0, 0.05) is 19.6 Å². The summed E-state index contributed by atoms with van der Waals surface area (Å²) in [4.78, 5) is 0. The van der Waals surface area contributed by atoms with Gasteiger partial charge in [-0.05, 0) is 0 Å². The molecule has 0 aromatic carbocycles. The Balaban J connectivity index is -0.0000000300. The van der Waals surface area contributed by atoms with E-state index in [0.717, 1.165) is 6.54 Å². The molecule has 0 aromatic heterocycles. The minimum atomic E-state index is 0. The fourth-order valence-electron chi connectivity index (χ4n) is 0.306. The average Bonchev–Trinajstić information content (AvgIpc) is 1.69. The zero-order chi connectivity index (χ0) is 5.54. The van der Waals surface area contributed by atoms with Crippen molar-refractivity contribution in [2.24, 2.45) is 5.73 Å². The fraction of sp³-hybridized carbons (Fsp3) is 1.00. The number of rotatable bonds is 4. The Bertz CT molecular complexity index is 43.3. The van der Waals surface area contributed by atoms with Gasteiger partial charge in [0.15, 0.2) is 0 Å². The Morgan fingerprint density at radius 3 is 2.22 bits per heavy atom. The zero-order valence-corrected chi connectivity index (χ0v) is 10.4. The van der Waals surface area contributed by atoms with Crippen LogP contribution in [0.2, 0.25) is 0 Å². The molecule has 0 fully saturated rings. The first-order valence-corrected chi connectivity index (χ1v) is 2.43. The van der Waals surface area contributed by atoms with Crippen molar-refractivity contribution in [1.82, 2.24) is 5.32 Å². The van der Waals surface area contributed by atoms with Crippen molar-refractivity contribution in [3.8, 4) is 0 Å². The van der Waals surface area contributed by atoms with Crippen molar-refractivity contribution in [1.29, 1.82) is 0 Å². The van der Waals surface area contributed by atoms with Crippen LogP contribution in [-0.2, 0) is 0 Å². The molecule has 0 heterocycles. The smallest absolute Gasteiger partial charge is 1.00 e. The second-order valence-corrected chi connectivity index (χ2v) is 1.26. The summed E-state index contributed by atoms with van der Waals surface area (Å²) in [6.45, 7) is 2.28. The van der Waals surface area contributed by atoms with Crippen molar-refractivity contribution < 1.29 is 67.1 Å². The topological polar surface area (TPSA) is 58.3 Å². The summed E-state index contributed by atoms with van der Waals surface area (Å²) in [6, 6.07) is 0. The average molecular weight is 152 g/mol. The largest absolute Gasteiger partial charge is 1.00 e. The van der Waals surface area contributed by atoms with Gasteiger partial charge in [-0.25, -0.2) is 0 Å². The van der Waals surface area contributed by atoms with E-state index in [1.807, 2.05) is 0 Å². The molecule has 0 atom stereocenters. The van der Waals surface area contributed by atoms with Crippen molar-refractivity contribution in [3.05, 3.63) is 0 Å². The van der Waals surface area contributed by atoms with Gasteiger partial charge in [-0.2, -0.15) is 0 Å². The first-order chi connectivity index (χ1) is 3.41. The number of hydrogen-bond acceptors (Lipinski definition) is 3. The van der Waals surface area contributed by atoms with E-state index in [0.29, 0.717) is 13.1 Å². The molecule has 0 radical (unpaired) electrons. The molecular formula is C4H14N2Na2O. The molecule has 0 aliphatic heterocycles. The van der Waals surface area contributed by atoms with Gasteiger partial charge >= 0.3 is 59.1 Å². The van der Waals surface area contributed by atoms with Crippen LogP contribution < -0.4 is 70.2 Å². The Hall–Kier alpha value is 1.88. The van der Waals surface area contributed by atoms with E-state index < -0.39 is 0 Å². The van der Waals surface area contributed by atoms with E-state index in [1.165, 1.54) is 0 Å². The number of hydrogen-bond donors (Lipinski definition) is 3. The first kappa shape index (κ1) is 17.1. The molecule has 3 nitrogen and oxygen atoms in total.